The van der Waals surface area contributed by atoms with Crippen LogP contribution in [0.1, 0.15) is 11.3 Å². The number of carbonyl (C=O) groups excluding carboxylic acids is 2. The Kier molecular flexibility index (Phi) is 4.93. The molecular weight excluding hydrogens is 376 g/mol. The molecule has 2 aliphatic rings. The lowest BCUT2D eigenvalue weighted by Crippen LogP contribution is -2.66. The molecule has 152 valence electrons. The van der Waals surface area contributed by atoms with Crippen LogP contribution in [0.15, 0.2) is 66.7 Å². The van der Waals surface area contributed by atoms with Gasteiger partial charge in [-0.3, -0.25) is 19.5 Å². The monoisotopic (exact) mass is 400 g/mol. The van der Waals surface area contributed by atoms with Crippen LogP contribution >= 0.6 is 0 Å². The number of nitrogens with zero attached hydrogens (tertiary/aromatic N) is 4. The molecule has 6 nitrogen and oxygen atoms in total. The number of hydrogen-bond donors (Lipinski definition) is 0. The average Bonchev–Trinajstić information content (AvgIpc) is 2.78. The molecule has 0 aliphatic carbocycles. The number of amides is 2. The van der Waals surface area contributed by atoms with Gasteiger partial charge in [0.15, 0.2) is 0 Å². The summed E-state index contributed by atoms with van der Waals surface area (Å²) in [4.78, 5) is 36.3. The quantitative estimate of drug-likeness (QED) is 0.674. The minimum absolute atomic E-state index is 0.0367. The molecule has 5 rings (SSSR count). The van der Waals surface area contributed by atoms with Crippen LogP contribution in [0, 0.1) is 0 Å². The first-order chi connectivity index (χ1) is 14.7. The summed E-state index contributed by atoms with van der Waals surface area (Å²) >= 11 is 0. The van der Waals surface area contributed by atoms with Crippen molar-refractivity contribution in [3.05, 3.63) is 78.0 Å². The van der Waals surface area contributed by atoms with E-state index in [9.17, 15) is 9.59 Å². The molecule has 2 amide bonds. The minimum Gasteiger partial charge on any atom is -0.327 e. The second kappa shape index (κ2) is 7.88. The molecule has 2 saturated heterocycles. The highest BCUT2D eigenvalue weighted by atomic mass is 16.2. The van der Waals surface area contributed by atoms with Crippen LogP contribution in [0.25, 0.3) is 10.9 Å². The van der Waals surface area contributed by atoms with Gasteiger partial charge < -0.3 is 9.80 Å². The van der Waals surface area contributed by atoms with Crippen molar-refractivity contribution in [1.82, 2.24) is 19.7 Å². The molecule has 3 aromatic rings. The highest BCUT2D eigenvalue weighted by Crippen LogP contribution is 2.21. The second-order valence-electron chi connectivity index (χ2n) is 8.01. The summed E-state index contributed by atoms with van der Waals surface area (Å²) in [5, 5.41) is 1.12. The van der Waals surface area contributed by atoms with E-state index < -0.39 is 6.04 Å². The average molecular weight is 400 g/mol. The Morgan fingerprint density at radius 2 is 1.67 bits per heavy atom. The highest BCUT2D eigenvalue weighted by molar-refractivity contribution is 5.95. The number of piperazine rings is 2. The van der Waals surface area contributed by atoms with Gasteiger partial charge in [0.2, 0.25) is 11.8 Å². The molecule has 0 bridgehead atoms. The van der Waals surface area contributed by atoms with Crippen molar-refractivity contribution in [2.24, 2.45) is 0 Å². The Hall–Kier alpha value is -3.25. The molecule has 2 aliphatic heterocycles. The SMILES string of the molecule is O=C1C2CN(Cc3ccc4ccccc4n3)CCN2C(=O)CN1Cc1ccccc1. The number of aromatic nitrogens is 1. The van der Waals surface area contributed by atoms with Gasteiger partial charge in [-0.1, -0.05) is 54.6 Å². The third-order valence-electron chi connectivity index (χ3n) is 5.97. The van der Waals surface area contributed by atoms with E-state index >= 15 is 0 Å². The van der Waals surface area contributed by atoms with Crippen LogP contribution in [0.4, 0.5) is 0 Å². The fourth-order valence-corrected chi connectivity index (χ4v) is 4.40. The van der Waals surface area contributed by atoms with Gasteiger partial charge in [-0.05, 0) is 17.7 Å². The van der Waals surface area contributed by atoms with Gasteiger partial charge in [0.25, 0.3) is 0 Å². The van der Waals surface area contributed by atoms with Crippen molar-refractivity contribution >= 4 is 22.7 Å². The van der Waals surface area contributed by atoms with E-state index in [2.05, 4.69) is 17.0 Å². The molecule has 0 saturated carbocycles. The summed E-state index contributed by atoms with van der Waals surface area (Å²) in [7, 11) is 0. The Balaban J connectivity index is 1.30. The van der Waals surface area contributed by atoms with Gasteiger partial charge >= 0.3 is 0 Å². The zero-order chi connectivity index (χ0) is 20.5. The summed E-state index contributed by atoms with van der Waals surface area (Å²) in [6.07, 6.45) is 0. The summed E-state index contributed by atoms with van der Waals surface area (Å²) in [6, 6.07) is 21.6. The maximum atomic E-state index is 13.2. The summed E-state index contributed by atoms with van der Waals surface area (Å²) in [5.41, 5.74) is 3.00. The lowest BCUT2D eigenvalue weighted by atomic mass is 10.1. The molecule has 1 unspecified atom stereocenters. The molecule has 0 spiro atoms. The number of rotatable bonds is 4. The van der Waals surface area contributed by atoms with Crippen molar-refractivity contribution in [1.29, 1.82) is 0 Å². The maximum Gasteiger partial charge on any atom is 0.247 e. The predicted octanol–water partition coefficient (Wildman–Crippen LogP) is 2.29. The topological polar surface area (TPSA) is 56.8 Å². The summed E-state index contributed by atoms with van der Waals surface area (Å²) < 4.78 is 0. The van der Waals surface area contributed by atoms with Gasteiger partial charge in [-0.15, -0.1) is 0 Å². The minimum atomic E-state index is -0.413. The van der Waals surface area contributed by atoms with E-state index in [1.165, 1.54) is 0 Å². The lowest BCUT2D eigenvalue weighted by molar-refractivity contribution is -0.160. The number of benzene rings is 2. The van der Waals surface area contributed by atoms with Crippen molar-refractivity contribution in [3.63, 3.8) is 0 Å². The van der Waals surface area contributed by atoms with Crippen molar-refractivity contribution in [2.75, 3.05) is 26.2 Å². The molecular formula is C24H24N4O2. The molecule has 2 aromatic carbocycles. The number of para-hydroxylation sites is 1. The largest absolute Gasteiger partial charge is 0.327 e. The molecule has 0 N–H and O–H groups in total. The zero-order valence-corrected chi connectivity index (χ0v) is 16.8. The first-order valence-corrected chi connectivity index (χ1v) is 10.4. The first kappa shape index (κ1) is 18.8. The smallest absolute Gasteiger partial charge is 0.247 e. The van der Waals surface area contributed by atoms with E-state index in [1.54, 1.807) is 9.80 Å². The Morgan fingerprint density at radius 1 is 0.867 bits per heavy atom. The molecule has 6 heteroatoms. The van der Waals surface area contributed by atoms with Gasteiger partial charge in [0.05, 0.1) is 11.2 Å². The van der Waals surface area contributed by atoms with Crippen LogP contribution < -0.4 is 0 Å². The van der Waals surface area contributed by atoms with E-state index in [0.29, 0.717) is 26.2 Å². The zero-order valence-electron chi connectivity index (χ0n) is 16.8. The molecule has 0 radical (unpaired) electrons. The predicted molar refractivity (Wildman–Crippen MR) is 114 cm³/mol. The summed E-state index contributed by atoms with van der Waals surface area (Å²) in [6.45, 7) is 3.20. The highest BCUT2D eigenvalue weighted by Gasteiger charge is 2.42. The third-order valence-corrected chi connectivity index (χ3v) is 5.97. The fraction of sp³-hybridized carbons (Fsp3) is 0.292. The fourth-order valence-electron chi connectivity index (χ4n) is 4.40. The Labute approximate surface area is 175 Å². The normalized spacial score (nSPS) is 19.9. The molecule has 1 aromatic heterocycles. The van der Waals surface area contributed by atoms with Gasteiger partial charge in [0, 0.05) is 38.1 Å². The standard InChI is InChI=1S/C24H24N4O2/c29-23-17-27(14-18-6-2-1-3-7-18)24(30)22-16-26(12-13-28(22)23)15-20-11-10-19-8-4-5-9-21(19)25-20/h1-11,22H,12-17H2. The van der Waals surface area contributed by atoms with Crippen molar-refractivity contribution < 1.29 is 9.59 Å². The van der Waals surface area contributed by atoms with Crippen LogP contribution in [0.2, 0.25) is 0 Å². The maximum absolute atomic E-state index is 13.2. The Bertz CT molecular complexity index is 1080. The number of pyridine rings is 1. The van der Waals surface area contributed by atoms with Crippen LogP contribution in [-0.4, -0.2) is 63.7 Å². The number of carbonyl (C=O) groups is 2. The Morgan fingerprint density at radius 3 is 2.53 bits per heavy atom. The summed E-state index contributed by atoms with van der Waals surface area (Å²) in [5.74, 6) is 0.0774. The van der Waals surface area contributed by atoms with Crippen molar-refractivity contribution in [3.8, 4) is 0 Å². The van der Waals surface area contributed by atoms with E-state index in [1.807, 2.05) is 54.6 Å². The van der Waals surface area contributed by atoms with Gasteiger partial charge in [-0.2, -0.15) is 0 Å². The van der Waals surface area contributed by atoms with E-state index in [-0.39, 0.29) is 18.4 Å². The molecule has 30 heavy (non-hydrogen) atoms. The third kappa shape index (κ3) is 3.66. The molecule has 3 heterocycles. The number of hydrogen-bond acceptors (Lipinski definition) is 4. The van der Waals surface area contributed by atoms with Gasteiger partial charge in [0.1, 0.15) is 12.6 Å². The lowest BCUT2D eigenvalue weighted by Gasteiger charge is -2.46. The van der Waals surface area contributed by atoms with Gasteiger partial charge in [-0.25, -0.2) is 0 Å². The first-order valence-electron chi connectivity index (χ1n) is 10.4. The van der Waals surface area contributed by atoms with Crippen LogP contribution in [-0.2, 0) is 22.7 Å². The van der Waals surface area contributed by atoms with Crippen molar-refractivity contribution in [2.45, 2.75) is 19.1 Å². The number of fused-ring (bicyclic) bond motifs is 2. The molecule has 2 fully saturated rings. The van der Waals surface area contributed by atoms with E-state index in [4.69, 9.17) is 4.98 Å². The van der Waals surface area contributed by atoms with Crippen LogP contribution in [0.5, 0.6) is 0 Å². The molecule has 1 atom stereocenters. The second-order valence-corrected chi connectivity index (χ2v) is 8.01. The van der Waals surface area contributed by atoms with Crippen LogP contribution in [0.3, 0.4) is 0 Å². The van der Waals surface area contributed by atoms with E-state index in [0.717, 1.165) is 28.7 Å².